The predicted molar refractivity (Wildman–Crippen MR) is 137 cm³/mol. The summed E-state index contributed by atoms with van der Waals surface area (Å²) >= 11 is 4.46. The largest absolute Gasteiger partial charge is 0.481 e. The standard InChI is InChI=1S/C27H54O2S/c1-3-5-7-9-11-13-15-17-19-21-23-27(25-30,26(28)29)24-22-20-18-16-14-12-10-8-6-4-2/h30H,3-25H2,1-2H3,(H,28,29). The molecule has 2 nitrogen and oxygen atoms in total. The van der Waals surface area contributed by atoms with E-state index in [0.717, 1.165) is 25.7 Å². The van der Waals surface area contributed by atoms with E-state index >= 15 is 0 Å². The van der Waals surface area contributed by atoms with E-state index in [2.05, 4.69) is 26.5 Å². The molecule has 0 spiro atoms. The van der Waals surface area contributed by atoms with Crippen molar-refractivity contribution in [1.29, 1.82) is 0 Å². The van der Waals surface area contributed by atoms with Crippen LogP contribution in [0.1, 0.15) is 155 Å². The van der Waals surface area contributed by atoms with Crippen LogP contribution in [-0.2, 0) is 4.79 Å². The van der Waals surface area contributed by atoms with Crippen molar-refractivity contribution < 1.29 is 9.90 Å². The number of hydrogen-bond acceptors (Lipinski definition) is 2. The molecule has 180 valence electrons. The number of thiol groups is 1. The van der Waals surface area contributed by atoms with Crippen LogP contribution in [0.3, 0.4) is 0 Å². The van der Waals surface area contributed by atoms with Gasteiger partial charge in [-0.2, -0.15) is 12.6 Å². The van der Waals surface area contributed by atoms with Gasteiger partial charge in [0.25, 0.3) is 0 Å². The minimum atomic E-state index is -0.621. The third-order valence-corrected chi connectivity index (χ3v) is 7.38. The van der Waals surface area contributed by atoms with E-state index in [1.165, 1.54) is 116 Å². The normalized spacial score (nSPS) is 11.8. The van der Waals surface area contributed by atoms with Crippen LogP contribution in [0.5, 0.6) is 0 Å². The summed E-state index contributed by atoms with van der Waals surface area (Å²) in [7, 11) is 0. The molecule has 0 aliphatic heterocycles. The molecule has 0 atom stereocenters. The molecule has 0 amide bonds. The van der Waals surface area contributed by atoms with E-state index in [4.69, 9.17) is 0 Å². The van der Waals surface area contributed by atoms with Gasteiger partial charge in [-0.05, 0) is 12.8 Å². The molecule has 0 aromatic heterocycles. The van der Waals surface area contributed by atoms with Crippen LogP contribution >= 0.6 is 12.6 Å². The highest BCUT2D eigenvalue weighted by molar-refractivity contribution is 7.80. The Hall–Kier alpha value is -0.180. The van der Waals surface area contributed by atoms with Gasteiger partial charge >= 0.3 is 5.97 Å². The summed E-state index contributed by atoms with van der Waals surface area (Å²) in [5.74, 6) is -0.138. The molecule has 0 saturated carbocycles. The second-order valence-electron chi connectivity index (χ2n) is 9.61. The van der Waals surface area contributed by atoms with Crippen molar-refractivity contribution in [3.63, 3.8) is 0 Å². The van der Waals surface area contributed by atoms with Gasteiger partial charge in [-0.15, -0.1) is 0 Å². The summed E-state index contributed by atoms with van der Waals surface area (Å²) in [6.07, 6.45) is 27.5. The number of aliphatic carboxylic acids is 1. The fourth-order valence-electron chi connectivity index (χ4n) is 4.47. The van der Waals surface area contributed by atoms with E-state index in [1.807, 2.05) is 0 Å². The quantitative estimate of drug-likeness (QED) is 0.115. The number of unbranched alkanes of at least 4 members (excludes halogenated alkanes) is 18. The lowest BCUT2D eigenvalue weighted by Gasteiger charge is -2.28. The first-order valence-electron chi connectivity index (χ1n) is 13.5. The average molecular weight is 443 g/mol. The molecule has 0 unspecified atom stereocenters. The summed E-state index contributed by atoms with van der Waals surface area (Å²) < 4.78 is 0. The molecule has 0 saturated heterocycles. The van der Waals surface area contributed by atoms with Crippen molar-refractivity contribution in [2.24, 2.45) is 5.41 Å². The van der Waals surface area contributed by atoms with Crippen molar-refractivity contribution in [3.05, 3.63) is 0 Å². The first kappa shape index (κ1) is 29.8. The van der Waals surface area contributed by atoms with Crippen LogP contribution in [0.15, 0.2) is 0 Å². The summed E-state index contributed by atoms with van der Waals surface area (Å²) in [5, 5.41) is 9.86. The molecule has 3 heteroatoms. The van der Waals surface area contributed by atoms with Gasteiger partial charge in [0.05, 0.1) is 5.41 Å². The monoisotopic (exact) mass is 442 g/mol. The lowest BCUT2D eigenvalue weighted by Crippen LogP contribution is -2.33. The number of carbonyl (C=O) groups is 1. The Morgan fingerprint density at radius 3 is 1.07 bits per heavy atom. The lowest BCUT2D eigenvalue weighted by atomic mass is 9.79. The van der Waals surface area contributed by atoms with Crippen LogP contribution in [0.25, 0.3) is 0 Å². The first-order valence-corrected chi connectivity index (χ1v) is 14.1. The van der Waals surface area contributed by atoms with Crippen molar-refractivity contribution in [2.75, 3.05) is 5.75 Å². The molecule has 0 aromatic rings. The molecule has 0 aliphatic rings. The summed E-state index contributed by atoms with van der Waals surface area (Å²) in [6, 6.07) is 0. The Morgan fingerprint density at radius 1 is 0.567 bits per heavy atom. The summed E-state index contributed by atoms with van der Waals surface area (Å²) in [6.45, 7) is 4.52. The molecule has 0 heterocycles. The molecule has 0 bridgehead atoms. The van der Waals surface area contributed by atoms with Crippen LogP contribution < -0.4 is 0 Å². The topological polar surface area (TPSA) is 37.3 Å². The van der Waals surface area contributed by atoms with Crippen molar-refractivity contribution >= 4 is 18.6 Å². The third-order valence-electron chi connectivity index (χ3n) is 6.77. The van der Waals surface area contributed by atoms with Crippen molar-refractivity contribution in [3.8, 4) is 0 Å². The molecule has 30 heavy (non-hydrogen) atoms. The van der Waals surface area contributed by atoms with Gasteiger partial charge in [-0.25, -0.2) is 0 Å². The Morgan fingerprint density at radius 2 is 0.833 bits per heavy atom. The minimum Gasteiger partial charge on any atom is -0.481 e. The van der Waals surface area contributed by atoms with Crippen LogP contribution in [0.4, 0.5) is 0 Å². The van der Waals surface area contributed by atoms with Crippen molar-refractivity contribution in [1.82, 2.24) is 0 Å². The number of rotatable bonds is 24. The van der Waals surface area contributed by atoms with Gasteiger partial charge in [-0.1, -0.05) is 142 Å². The van der Waals surface area contributed by atoms with Gasteiger partial charge in [0.15, 0.2) is 0 Å². The maximum absolute atomic E-state index is 12.0. The smallest absolute Gasteiger partial charge is 0.310 e. The highest BCUT2D eigenvalue weighted by atomic mass is 32.1. The summed E-state index contributed by atoms with van der Waals surface area (Å²) in [4.78, 5) is 12.0. The lowest BCUT2D eigenvalue weighted by molar-refractivity contribution is -0.148. The maximum Gasteiger partial charge on any atom is 0.310 e. The van der Waals surface area contributed by atoms with Crippen LogP contribution in [0.2, 0.25) is 0 Å². The molecule has 0 rings (SSSR count). The molecule has 1 N–H and O–H groups in total. The molecule has 0 fully saturated rings. The molecular weight excluding hydrogens is 388 g/mol. The van der Waals surface area contributed by atoms with E-state index in [9.17, 15) is 9.90 Å². The fraction of sp³-hybridized carbons (Fsp3) is 0.963. The average Bonchev–Trinajstić information content (AvgIpc) is 2.74. The van der Waals surface area contributed by atoms with Crippen LogP contribution in [0, 0.1) is 5.41 Å². The van der Waals surface area contributed by atoms with E-state index < -0.39 is 11.4 Å². The molecule has 0 aliphatic carbocycles. The van der Waals surface area contributed by atoms with E-state index in [1.54, 1.807) is 0 Å². The number of carboxylic acids is 1. The third kappa shape index (κ3) is 16.5. The Balaban J connectivity index is 3.82. The van der Waals surface area contributed by atoms with Gasteiger partial charge in [-0.3, -0.25) is 4.79 Å². The van der Waals surface area contributed by atoms with Gasteiger partial charge < -0.3 is 5.11 Å². The van der Waals surface area contributed by atoms with Crippen molar-refractivity contribution in [2.45, 2.75) is 155 Å². The number of carboxylic acid groups (broad SMARTS) is 1. The second-order valence-corrected chi connectivity index (χ2v) is 9.92. The second kappa shape index (κ2) is 22.0. The van der Waals surface area contributed by atoms with Crippen LogP contribution in [-0.4, -0.2) is 16.8 Å². The SMILES string of the molecule is CCCCCCCCCCCCC(CS)(CCCCCCCCCCCC)C(=O)O. The fourth-order valence-corrected chi connectivity index (χ4v) is 4.92. The highest BCUT2D eigenvalue weighted by Crippen LogP contribution is 2.34. The maximum atomic E-state index is 12.0. The van der Waals surface area contributed by atoms with E-state index in [-0.39, 0.29) is 0 Å². The minimum absolute atomic E-state index is 0.483. The molecule has 0 radical (unpaired) electrons. The Bertz CT molecular complexity index is 346. The zero-order chi connectivity index (χ0) is 22.3. The number of hydrogen-bond donors (Lipinski definition) is 2. The Kier molecular flexibility index (Phi) is 21.9. The highest BCUT2D eigenvalue weighted by Gasteiger charge is 2.35. The molecule has 0 aromatic carbocycles. The Labute approximate surface area is 194 Å². The zero-order valence-corrected chi connectivity index (χ0v) is 21.5. The summed E-state index contributed by atoms with van der Waals surface area (Å²) in [5.41, 5.74) is -0.594. The molecular formula is C27H54O2S. The predicted octanol–water partition coefficient (Wildman–Crippen LogP) is 9.61. The zero-order valence-electron chi connectivity index (χ0n) is 20.6. The first-order chi connectivity index (χ1) is 14.6. The van der Waals surface area contributed by atoms with Gasteiger partial charge in [0.2, 0.25) is 0 Å². The van der Waals surface area contributed by atoms with Gasteiger partial charge in [0, 0.05) is 5.75 Å². The van der Waals surface area contributed by atoms with E-state index in [0.29, 0.717) is 5.75 Å². The van der Waals surface area contributed by atoms with Gasteiger partial charge in [0.1, 0.15) is 0 Å².